The largest absolute Gasteiger partial charge is 0.479 e. The third-order valence-electron chi connectivity index (χ3n) is 4.34. The summed E-state index contributed by atoms with van der Waals surface area (Å²) in [6.45, 7) is 2.66. The summed E-state index contributed by atoms with van der Waals surface area (Å²) in [5.41, 5.74) is -1.67. The van der Waals surface area contributed by atoms with Gasteiger partial charge >= 0.3 is 5.97 Å². The molecule has 0 aliphatic carbocycles. The Kier molecular flexibility index (Phi) is 4.65. The summed E-state index contributed by atoms with van der Waals surface area (Å²) in [4.78, 5) is 24.6. The molecule has 2 aliphatic rings. The number of likely N-dealkylation sites (tertiary alicyclic amines) is 1. The molecule has 1 amide bonds. The summed E-state index contributed by atoms with van der Waals surface area (Å²) in [5.74, 6) is -1.17. The molecule has 0 bridgehead atoms. The van der Waals surface area contributed by atoms with E-state index in [2.05, 4.69) is 0 Å². The molecular formula is C14H23NO5. The molecule has 2 fully saturated rings. The van der Waals surface area contributed by atoms with Gasteiger partial charge in [0.2, 0.25) is 5.91 Å². The number of aliphatic carboxylic acids is 1. The maximum atomic E-state index is 12.1. The molecule has 20 heavy (non-hydrogen) atoms. The second kappa shape index (κ2) is 6.10. The Hall–Kier alpha value is -1.14. The molecule has 2 rings (SSSR count). The van der Waals surface area contributed by atoms with Crippen LogP contribution in [0.4, 0.5) is 0 Å². The zero-order valence-electron chi connectivity index (χ0n) is 11.9. The first-order valence-corrected chi connectivity index (χ1v) is 7.30. The Balaban J connectivity index is 1.73. The molecule has 6 nitrogen and oxygen atoms in total. The van der Waals surface area contributed by atoms with Crippen LogP contribution in [0.1, 0.15) is 45.4 Å². The minimum Gasteiger partial charge on any atom is -0.479 e. The summed E-state index contributed by atoms with van der Waals surface area (Å²) in [5, 5.41) is 18.7. The van der Waals surface area contributed by atoms with Crippen molar-refractivity contribution in [3.63, 3.8) is 0 Å². The Labute approximate surface area is 118 Å². The number of hydrogen-bond acceptors (Lipinski definition) is 4. The van der Waals surface area contributed by atoms with Gasteiger partial charge in [-0.05, 0) is 26.2 Å². The fourth-order valence-corrected chi connectivity index (χ4v) is 2.88. The number of piperidine rings is 1. The molecule has 2 heterocycles. The lowest BCUT2D eigenvalue weighted by molar-refractivity contribution is -0.165. The van der Waals surface area contributed by atoms with Crippen LogP contribution in [-0.4, -0.2) is 57.9 Å². The van der Waals surface area contributed by atoms with Crippen LogP contribution < -0.4 is 0 Å². The standard InChI is InChI=1S/C14H23NO5/c1-10-2-3-11(20-10)4-5-12(16)15-8-6-14(19,7-9-15)13(17)18/h10-11,19H,2-9H2,1H3,(H,17,18)/t10-,11-/m0/s1. The highest BCUT2D eigenvalue weighted by atomic mass is 16.5. The minimum atomic E-state index is -1.67. The Bertz CT molecular complexity index is 376. The van der Waals surface area contributed by atoms with Gasteiger partial charge in [0.25, 0.3) is 0 Å². The van der Waals surface area contributed by atoms with E-state index in [1.807, 2.05) is 6.92 Å². The predicted molar refractivity (Wildman–Crippen MR) is 71.2 cm³/mol. The van der Waals surface area contributed by atoms with Crippen LogP contribution in [-0.2, 0) is 14.3 Å². The first-order valence-electron chi connectivity index (χ1n) is 7.30. The molecule has 6 heteroatoms. The number of rotatable bonds is 4. The van der Waals surface area contributed by atoms with E-state index in [0.29, 0.717) is 19.5 Å². The number of amides is 1. The van der Waals surface area contributed by atoms with Crippen molar-refractivity contribution in [3.8, 4) is 0 Å². The number of hydrogen-bond donors (Lipinski definition) is 2. The predicted octanol–water partition coefficient (Wildman–Crippen LogP) is 0.772. The minimum absolute atomic E-state index is 0.0283. The van der Waals surface area contributed by atoms with E-state index in [1.54, 1.807) is 4.90 Å². The van der Waals surface area contributed by atoms with Crippen molar-refractivity contribution in [3.05, 3.63) is 0 Å². The third-order valence-corrected chi connectivity index (χ3v) is 4.34. The van der Waals surface area contributed by atoms with Gasteiger partial charge in [-0.25, -0.2) is 4.79 Å². The SMILES string of the molecule is C[C@H]1CC[C@@H](CCC(=O)N2CCC(O)(C(=O)O)CC2)O1. The highest BCUT2D eigenvalue weighted by Gasteiger charge is 2.40. The lowest BCUT2D eigenvalue weighted by atomic mass is 9.91. The molecule has 2 saturated heterocycles. The van der Waals surface area contributed by atoms with Crippen LogP contribution in [0.5, 0.6) is 0 Å². The van der Waals surface area contributed by atoms with E-state index in [4.69, 9.17) is 9.84 Å². The zero-order valence-corrected chi connectivity index (χ0v) is 11.9. The van der Waals surface area contributed by atoms with Gasteiger partial charge in [0.15, 0.2) is 5.60 Å². The molecular weight excluding hydrogens is 262 g/mol. The number of carbonyl (C=O) groups excluding carboxylic acids is 1. The van der Waals surface area contributed by atoms with E-state index < -0.39 is 11.6 Å². The molecule has 0 saturated carbocycles. The van der Waals surface area contributed by atoms with Gasteiger partial charge in [-0.3, -0.25) is 4.79 Å². The second-order valence-corrected chi connectivity index (χ2v) is 5.90. The second-order valence-electron chi connectivity index (χ2n) is 5.90. The maximum Gasteiger partial charge on any atom is 0.335 e. The van der Waals surface area contributed by atoms with Gasteiger partial charge in [0.05, 0.1) is 12.2 Å². The van der Waals surface area contributed by atoms with Crippen molar-refractivity contribution in [2.75, 3.05) is 13.1 Å². The number of nitrogens with zero attached hydrogens (tertiary/aromatic N) is 1. The molecule has 0 aromatic heterocycles. The van der Waals surface area contributed by atoms with Gasteiger partial charge in [0.1, 0.15) is 0 Å². The number of carboxylic acids is 1. The van der Waals surface area contributed by atoms with Crippen molar-refractivity contribution in [2.45, 2.75) is 63.3 Å². The lowest BCUT2D eigenvalue weighted by Crippen LogP contribution is -2.50. The van der Waals surface area contributed by atoms with Crippen molar-refractivity contribution >= 4 is 11.9 Å². The first kappa shape index (κ1) is 15.3. The van der Waals surface area contributed by atoms with E-state index >= 15 is 0 Å². The van der Waals surface area contributed by atoms with Crippen LogP contribution in [0, 0.1) is 0 Å². The van der Waals surface area contributed by atoms with E-state index in [1.165, 1.54) is 0 Å². The summed E-state index contributed by atoms with van der Waals surface area (Å²) in [6, 6.07) is 0. The molecule has 2 aliphatic heterocycles. The van der Waals surface area contributed by atoms with Gasteiger partial charge in [-0.1, -0.05) is 0 Å². The molecule has 0 radical (unpaired) electrons. The van der Waals surface area contributed by atoms with E-state index in [-0.39, 0.29) is 31.0 Å². The topological polar surface area (TPSA) is 87.1 Å². The number of carboxylic acid groups (broad SMARTS) is 1. The lowest BCUT2D eigenvalue weighted by Gasteiger charge is -2.35. The van der Waals surface area contributed by atoms with Gasteiger partial charge in [-0.15, -0.1) is 0 Å². The van der Waals surface area contributed by atoms with Crippen LogP contribution in [0.15, 0.2) is 0 Å². The summed E-state index contributed by atoms with van der Waals surface area (Å²) in [7, 11) is 0. The molecule has 2 atom stereocenters. The molecule has 0 spiro atoms. The number of ether oxygens (including phenoxy) is 1. The molecule has 0 aromatic rings. The normalized spacial score (nSPS) is 29.4. The molecule has 2 N–H and O–H groups in total. The van der Waals surface area contributed by atoms with Crippen molar-refractivity contribution in [2.24, 2.45) is 0 Å². The molecule has 0 unspecified atom stereocenters. The summed E-state index contributed by atoms with van der Waals surface area (Å²) in [6.07, 6.45) is 3.88. The van der Waals surface area contributed by atoms with Crippen molar-refractivity contribution in [1.82, 2.24) is 4.90 Å². The highest BCUT2D eigenvalue weighted by molar-refractivity contribution is 5.79. The van der Waals surface area contributed by atoms with Crippen LogP contribution in [0.3, 0.4) is 0 Å². The maximum absolute atomic E-state index is 12.1. The van der Waals surface area contributed by atoms with Crippen LogP contribution >= 0.6 is 0 Å². The third kappa shape index (κ3) is 3.49. The number of carbonyl (C=O) groups is 2. The van der Waals surface area contributed by atoms with Crippen LogP contribution in [0.25, 0.3) is 0 Å². The van der Waals surface area contributed by atoms with Crippen molar-refractivity contribution < 1.29 is 24.5 Å². The Morgan fingerprint density at radius 3 is 2.45 bits per heavy atom. The van der Waals surface area contributed by atoms with Gasteiger partial charge in [0, 0.05) is 32.4 Å². The van der Waals surface area contributed by atoms with Crippen molar-refractivity contribution in [1.29, 1.82) is 0 Å². The van der Waals surface area contributed by atoms with Gasteiger partial charge in [-0.2, -0.15) is 0 Å². The van der Waals surface area contributed by atoms with Gasteiger partial charge < -0.3 is 19.8 Å². The smallest absolute Gasteiger partial charge is 0.335 e. The fourth-order valence-electron chi connectivity index (χ4n) is 2.88. The molecule has 0 aromatic carbocycles. The summed E-state index contributed by atoms with van der Waals surface area (Å²) < 4.78 is 5.68. The Morgan fingerprint density at radius 2 is 1.95 bits per heavy atom. The van der Waals surface area contributed by atoms with E-state index in [0.717, 1.165) is 19.3 Å². The average Bonchev–Trinajstić information content (AvgIpc) is 2.82. The fraction of sp³-hybridized carbons (Fsp3) is 0.857. The molecule has 114 valence electrons. The highest BCUT2D eigenvalue weighted by Crippen LogP contribution is 2.25. The zero-order chi connectivity index (χ0) is 14.8. The quantitative estimate of drug-likeness (QED) is 0.796. The first-order chi connectivity index (χ1) is 9.40. The number of aliphatic hydroxyl groups is 1. The summed E-state index contributed by atoms with van der Waals surface area (Å²) >= 11 is 0. The average molecular weight is 285 g/mol. The monoisotopic (exact) mass is 285 g/mol. The Morgan fingerprint density at radius 1 is 1.30 bits per heavy atom. The van der Waals surface area contributed by atoms with Crippen LogP contribution in [0.2, 0.25) is 0 Å². The van der Waals surface area contributed by atoms with E-state index in [9.17, 15) is 14.7 Å².